The van der Waals surface area contributed by atoms with Crippen LogP contribution in [0.15, 0.2) is 0 Å². The Hall–Kier alpha value is -0.660. The predicted molar refractivity (Wildman–Crippen MR) is 53.1 cm³/mol. The van der Waals surface area contributed by atoms with E-state index in [-0.39, 0.29) is 5.88 Å². The Morgan fingerprint density at radius 1 is 1.11 bits per heavy atom. The van der Waals surface area contributed by atoms with Gasteiger partial charge >= 0.3 is 12.4 Å². The van der Waals surface area contributed by atoms with Gasteiger partial charge < -0.3 is 5.32 Å². The molecule has 2 unspecified atom stereocenters. The SMILES string of the molecule is CC(CCl)C(C)NC(=O)C(C(F)(F)F)C(F)(F)F. The van der Waals surface area contributed by atoms with Gasteiger partial charge in [-0.05, 0) is 12.8 Å². The molecule has 2 nitrogen and oxygen atoms in total. The molecule has 0 saturated heterocycles. The first kappa shape index (κ1) is 17.3. The van der Waals surface area contributed by atoms with Gasteiger partial charge in [0.2, 0.25) is 11.8 Å². The summed E-state index contributed by atoms with van der Waals surface area (Å²) in [7, 11) is 0. The third kappa shape index (κ3) is 4.91. The highest BCUT2D eigenvalue weighted by atomic mass is 35.5. The molecule has 1 amide bonds. The Balaban J connectivity index is 4.91. The van der Waals surface area contributed by atoms with Crippen LogP contribution in [0, 0.1) is 11.8 Å². The topological polar surface area (TPSA) is 29.1 Å². The van der Waals surface area contributed by atoms with Crippen molar-refractivity contribution in [1.29, 1.82) is 0 Å². The molecule has 0 aromatic carbocycles. The average molecular weight is 300 g/mol. The lowest BCUT2D eigenvalue weighted by atomic mass is 10.0. The van der Waals surface area contributed by atoms with Crippen LogP contribution in [0.1, 0.15) is 13.8 Å². The molecule has 0 heterocycles. The first-order chi connectivity index (χ1) is 7.91. The molecule has 2 atom stereocenters. The van der Waals surface area contributed by atoms with Crippen molar-refractivity contribution in [2.24, 2.45) is 11.8 Å². The summed E-state index contributed by atoms with van der Waals surface area (Å²) < 4.78 is 73.2. The molecule has 0 fully saturated rings. The van der Waals surface area contributed by atoms with Crippen molar-refractivity contribution in [3.63, 3.8) is 0 Å². The molecule has 0 saturated carbocycles. The third-order valence-electron chi connectivity index (χ3n) is 2.38. The molecule has 1 N–H and O–H groups in total. The van der Waals surface area contributed by atoms with Gasteiger partial charge in [-0.1, -0.05) is 6.92 Å². The molecule has 0 aromatic rings. The number of carbonyl (C=O) groups is 1. The van der Waals surface area contributed by atoms with Crippen LogP contribution in [-0.2, 0) is 4.79 Å². The first-order valence-electron chi connectivity index (χ1n) is 4.91. The van der Waals surface area contributed by atoms with E-state index in [1.807, 2.05) is 0 Å². The zero-order valence-electron chi connectivity index (χ0n) is 9.49. The number of rotatable bonds is 4. The fourth-order valence-corrected chi connectivity index (χ4v) is 1.33. The highest BCUT2D eigenvalue weighted by Crippen LogP contribution is 2.39. The quantitative estimate of drug-likeness (QED) is 0.627. The van der Waals surface area contributed by atoms with E-state index in [0.717, 1.165) is 0 Å². The van der Waals surface area contributed by atoms with E-state index in [9.17, 15) is 31.1 Å². The maximum absolute atomic E-state index is 12.2. The Bertz CT molecular complexity index is 276. The van der Waals surface area contributed by atoms with Gasteiger partial charge in [-0.15, -0.1) is 11.6 Å². The molecule has 9 heteroatoms. The Kier molecular flexibility index (Phi) is 5.77. The van der Waals surface area contributed by atoms with E-state index >= 15 is 0 Å². The molecule has 0 aromatic heterocycles. The molecule has 0 rings (SSSR count). The Labute approximate surface area is 105 Å². The lowest BCUT2D eigenvalue weighted by Crippen LogP contribution is -2.51. The van der Waals surface area contributed by atoms with Crippen LogP contribution in [-0.4, -0.2) is 30.2 Å². The molecule has 0 spiro atoms. The lowest BCUT2D eigenvalue weighted by molar-refractivity contribution is -0.274. The fourth-order valence-electron chi connectivity index (χ4n) is 1.07. The third-order valence-corrected chi connectivity index (χ3v) is 2.87. The molecule has 0 aliphatic rings. The number of nitrogens with one attached hydrogen (secondary N) is 1. The van der Waals surface area contributed by atoms with Gasteiger partial charge in [0.05, 0.1) is 0 Å². The number of halogens is 7. The van der Waals surface area contributed by atoms with E-state index in [0.29, 0.717) is 0 Å². The second kappa shape index (κ2) is 5.99. The first-order valence-corrected chi connectivity index (χ1v) is 5.44. The van der Waals surface area contributed by atoms with Crippen molar-refractivity contribution >= 4 is 17.5 Å². The highest BCUT2D eigenvalue weighted by Gasteiger charge is 2.61. The van der Waals surface area contributed by atoms with Crippen LogP contribution in [0.5, 0.6) is 0 Å². The standard InChI is InChI=1S/C9H12ClF6NO/c1-4(3-10)5(2)17-7(18)6(8(11,12)13)9(14,15)16/h4-6H,3H2,1-2H3,(H,17,18). The van der Waals surface area contributed by atoms with Crippen LogP contribution in [0.2, 0.25) is 0 Å². The summed E-state index contributed by atoms with van der Waals surface area (Å²) in [6.45, 7) is 2.78. The number of carbonyl (C=O) groups excluding carboxylic acids is 1. The number of alkyl halides is 7. The molecule has 0 aliphatic heterocycles. The van der Waals surface area contributed by atoms with Crippen LogP contribution in [0.4, 0.5) is 26.3 Å². The van der Waals surface area contributed by atoms with E-state index in [1.165, 1.54) is 13.8 Å². The summed E-state index contributed by atoms with van der Waals surface area (Å²) in [5, 5.41) is 1.68. The van der Waals surface area contributed by atoms with Crippen molar-refractivity contribution in [1.82, 2.24) is 5.32 Å². The molecular formula is C9H12ClF6NO. The maximum Gasteiger partial charge on any atom is 0.409 e. The minimum atomic E-state index is -5.67. The highest BCUT2D eigenvalue weighted by molar-refractivity contribution is 6.18. The van der Waals surface area contributed by atoms with Crippen LogP contribution in [0.25, 0.3) is 0 Å². The van der Waals surface area contributed by atoms with E-state index in [4.69, 9.17) is 11.6 Å². The normalized spacial score (nSPS) is 16.6. The van der Waals surface area contributed by atoms with Crippen LogP contribution < -0.4 is 5.32 Å². The second-order valence-corrected chi connectivity index (χ2v) is 4.25. The number of hydrogen-bond acceptors (Lipinski definition) is 1. The summed E-state index contributed by atoms with van der Waals surface area (Å²) in [4.78, 5) is 11.1. The van der Waals surface area contributed by atoms with E-state index in [1.54, 1.807) is 5.32 Å². The largest absolute Gasteiger partial charge is 0.409 e. The number of amides is 1. The maximum atomic E-state index is 12.2. The molecule has 0 radical (unpaired) electrons. The zero-order chi connectivity index (χ0) is 14.7. The molecule has 108 valence electrons. The van der Waals surface area contributed by atoms with Crippen molar-refractivity contribution in [2.45, 2.75) is 32.2 Å². The summed E-state index contributed by atoms with van der Waals surface area (Å²) in [5.41, 5.74) is 0. The van der Waals surface area contributed by atoms with Gasteiger partial charge in [-0.2, -0.15) is 26.3 Å². The second-order valence-electron chi connectivity index (χ2n) is 3.95. The monoisotopic (exact) mass is 299 g/mol. The molecular weight excluding hydrogens is 288 g/mol. The lowest BCUT2D eigenvalue weighted by Gasteiger charge is -2.25. The van der Waals surface area contributed by atoms with Gasteiger partial charge in [0.15, 0.2) is 0 Å². The van der Waals surface area contributed by atoms with E-state index in [2.05, 4.69) is 0 Å². The molecule has 18 heavy (non-hydrogen) atoms. The van der Waals surface area contributed by atoms with Crippen molar-refractivity contribution in [3.05, 3.63) is 0 Å². The summed E-state index contributed by atoms with van der Waals surface area (Å²) >= 11 is 5.39. The fraction of sp³-hybridized carbons (Fsp3) is 0.889. The van der Waals surface area contributed by atoms with Gasteiger partial charge in [-0.3, -0.25) is 4.79 Å². The molecule has 0 aliphatic carbocycles. The van der Waals surface area contributed by atoms with Gasteiger partial charge in [0.1, 0.15) is 0 Å². The predicted octanol–water partition coefficient (Wildman–Crippen LogP) is 3.11. The van der Waals surface area contributed by atoms with Crippen LogP contribution >= 0.6 is 11.6 Å². The van der Waals surface area contributed by atoms with Crippen molar-refractivity contribution < 1.29 is 31.1 Å². The van der Waals surface area contributed by atoms with Gasteiger partial charge in [-0.25, -0.2) is 0 Å². The zero-order valence-corrected chi connectivity index (χ0v) is 10.2. The van der Waals surface area contributed by atoms with Crippen LogP contribution in [0.3, 0.4) is 0 Å². The Morgan fingerprint density at radius 2 is 1.50 bits per heavy atom. The Morgan fingerprint density at radius 3 is 1.78 bits per heavy atom. The smallest absolute Gasteiger partial charge is 0.353 e. The van der Waals surface area contributed by atoms with Gasteiger partial charge in [0, 0.05) is 11.9 Å². The summed E-state index contributed by atoms with van der Waals surface area (Å²) in [5.74, 6) is -6.57. The minimum absolute atomic E-state index is 0.00412. The number of hydrogen-bond donors (Lipinski definition) is 1. The van der Waals surface area contributed by atoms with Crippen molar-refractivity contribution in [2.75, 3.05) is 5.88 Å². The minimum Gasteiger partial charge on any atom is -0.353 e. The molecule has 0 bridgehead atoms. The van der Waals surface area contributed by atoms with E-state index < -0.39 is 36.1 Å². The van der Waals surface area contributed by atoms with Crippen molar-refractivity contribution in [3.8, 4) is 0 Å². The van der Waals surface area contributed by atoms with Gasteiger partial charge in [0.25, 0.3) is 0 Å². The summed E-state index contributed by atoms with van der Waals surface area (Å²) in [6, 6.07) is -0.887. The summed E-state index contributed by atoms with van der Waals surface area (Å²) in [6.07, 6.45) is -11.3. The average Bonchev–Trinajstić information content (AvgIpc) is 2.11.